The van der Waals surface area contributed by atoms with Crippen molar-refractivity contribution < 1.29 is 43.2 Å². The fourth-order valence-electron chi connectivity index (χ4n) is 5.07. The molecule has 4 rings (SSSR count). The molecule has 0 spiro atoms. The van der Waals surface area contributed by atoms with Gasteiger partial charge in [-0.3, -0.25) is 0 Å². The number of ether oxygens (including phenoxy) is 4. The molecule has 0 aromatic heterocycles. The van der Waals surface area contributed by atoms with Crippen molar-refractivity contribution in [1.82, 2.24) is 0 Å². The van der Waals surface area contributed by atoms with E-state index in [0.717, 1.165) is 25.7 Å². The van der Waals surface area contributed by atoms with Gasteiger partial charge in [0.15, 0.2) is 0 Å². The maximum atomic E-state index is 13.2. The molecule has 4 aromatic rings. The lowest BCUT2D eigenvalue weighted by Crippen LogP contribution is -2.16. The molecule has 9 heteroatoms. The van der Waals surface area contributed by atoms with Gasteiger partial charge in [0.1, 0.15) is 16.9 Å². The summed E-state index contributed by atoms with van der Waals surface area (Å²) in [7, 11) is 0. The zero-order chi connectivity index (χ0) is 38.4. The number of hydrogen-bond acceptors (Lipinski definition) is 9. The summed E-state index contributed by atoms with van der Waals surface area (Å²) in [4.78, 5) is 51.7. The van der Waals surface area contributed by atoms with Crippen molar-refractivity contribution in [3.05, 3.63) is 113 Å². The summed E-state index contributed by atoms with van der Waals surface area (Å²) in [6, 6.07) is 28.0. The van der Waals surface area contributed by atoms with Gasteiger partial charge < -0.3 is 24.1 Å². The van der Waals surface area contributed by atoms with E-state index in [1.54, 1.807) is 0 Å². The van der Waals surface area contributed by atoms with Crippen LogP contribution in [0, 0.1) is 0 Å². The van der Waals surface area contributed by atoms with Crippen LogP contribution in [-0.2, 0) is 18.9 Å². The summed E-state index contributed by atoms with van der Waals surface area (Å²) in [5.74, 6) is -3.56. The van der Waals surface area contributed by atoms with Crippen molar-refractivity contribution in [2.24, 2.45) is 0 Å². The topological polar surface area (TPSA) is 125 Å². The molecule has 0 unspecified atom stereocenters. The third-order valence-corrected chi connectivity index (χ3v) is 8.18. The van der Waals surface area contributed by atoms with E-state index in [4.69, 9.17) is 18.9 Å². The molecule has 0 aliphatic heterocycles. The van der Waals surface area contributed by atoms with E-state index in [1.165, 1.54) is 41.5 Å². The van der Waals surface area contributed by atoms with Crippen molar-refractivity contribution in [2.45, 2.75) is 79.1 Å². The third-order valence-electron chi connectivity index (χ3n) is 8.18. The number of phenols is 1. The summed E-state index contributed by atoms with van der Waals surface area (Å²) in [5, 5.41) is 11.1. The molecule has 0 amide bonds. The van der Waals surface area contributed by atoms with Crippen molar-refractivity contribution in [3.8, 4) is 28.0 Å². The predicted octanol–water partition coefficient (Wildman–Crippen LogP) is 10.2. The van der Waals surface area contributed by atoms with Crippen LogP contribution in [0.15, 0.2) is 91.0 Å². The van der Waals surface area contributed by atoms with Crippen LogP contribution < -0.4 is 0 Å². The van der Waals surface area contributed by atoms with E-state index in [2.05, 4.69) is 48.5 Å². The number of esters is 4. The number of unbranched alkanes of at least 4 members (excludes halogenated alkanes) is 4. The molecule has 0 atom stereocenters. The van der Waals surface area contributed by atoms with E-state index in [-0.39, 0.29) is 54.2 Å². The molecule has 0 saturated heterocycles. The molecule has 1 N–H and O–H groups in total. The average molecular weight is 725 g/mol. The van der Waals surface area contributed by atoms with Crippen LogP contribution in [0.2, 0.25) is 0 Å². The maximum Gasteiger partial charge on any atom is 0.342 e. The van der Waals surface area contributed by atoms with Crippen molar-refractivity contribution >= 4 is 23.9 Å². The van der Waals surface area contributed by atoms with Crippen LogP contribution in [0.4, 0.5) is 0 Å². The first-order valence-electron chi connectivity index (χ1n) is 18.6. The molecule has 282 valence electrons. The average Bonchev–Trinajstić information content (AvgIpc) is 3.18. The highest BCUT2D eigenvalue weighted by atomic mass is 16.5. The van der Waals surface area contributed by atoms with Gasteiger partial charge in [-0.1, -0.05) is 126 Å². The quantitative estimate of drug-likeness (QED) is 0.0606. The molecule has 0 fully saturated rings. The Bertz CT molecular complexity index is 1710. The second-order valence-electron chi connectivity index (χ2n) is 12.3. The number of hydrogen-bond donors (Lipinski definition) is 1. The van der Waals surface area contributed by atoms with Crippen molar-refractivity contribution in [3.63, 3.8) is 0 Å². The van der Waals surface area contributed by atoms with Crippen LogP contribution in [0.25, 0.3) is 22.3 Å². The summed E-state index contributed by atoms with van der Waals surface area (Å²) in [6.45, 7) is 8.50. The molecule has 0 heterocycles. The number of benzene rings is 4. The van der Waals surface area contributed by atoms with E-state index >= 15 is 0 Å². The Balaban J connectivity index is 0.000000525. The van der Waals surface area contributed by atoms with Gasteiger partial charge in [0.05, 0.1) is 37.6 Å². The monoisotopic (exact) mass is 724 g/mol. The first-order valence-corrected chi connectivity index (χ1v) is 18.6. The van der Waals surface area contributed by atoms with Crippen LogP contribution >= 0.6 is 0 Å². The van der Waals surface area contributed by atoms with Gasteiger partial charge in [-0.15, -0.1) is 0 Å². The maximum absolute atomic E-state index is 13.2. The standard InChI is InChI=1S/C32H42O9.C12H10/c1-5-9-17-38-29(34)24-14-13-22(21-26(24)31(36)40-19-11-7-3)23-15-16-25(30(35)39-18-10-6-2)28(33)27(23)32(37)41-20-12-8-4;1-3-7-11(8-4-1)12-9-5-2-6-10-12/h13-16,21,33H,5-12,17-20H2,1-4H3;1-10H. The van der Waals surface area contributed by atoms with E-state index in [1.807, 2.05) is 39.8 Å². The molecule has 0 radical (unpaired) electrons. The van der Waals surface area contributed by atoms with Crippen molar-refractivity contribution in [2.75, 3.05) is 26.4 Å². The minimum absolute atomic E-state index is 0.0266. The number of phenolic OH excluding ortho intramolecular Hbond substituents is 1. The first-order chi connectivity index (χ1) is 25.8. The molecular weight excluding hydrogens is 672 g/mol. The molecule has 0 bridgehead atoms. The highest BCUT2D eigenvalue weighted by Crippen LogP contribution is 2.35. The van der Waals surface area contributed by atoms with E-state index in [0.29, 0.717) is 31.2 Å². The summed E-state index contributed by atoms with van der Waals surface area (Å²) >= 11 is 0. The highest BCUT2D eigenvalue weighted by molar-refractivity contribution is 6.07. The van der Waals surface area contributed by atoms with Gasteiger partial charge in [-0.2, -0.15) is 0 Å². The fourth-order valence-corrected chi connectivity index (χ4v) is 5.07. The second-order valence-corrected chi connectivity index (χ2v) is 12.3. The molecule has 53 heavy (non-hydrogen) atoms. The minimum Gasteiger partial charge on any atom is -0.506 e. The molecular formula is C44H52O9. The summed E-state index contributed by atoms with van der Waals surface area (Å²) in [6.07, 6.45) is 5.85. The Kier molecular flexibility index (Phi) is 18.4. The van der Waals surface area contributed by atoms with E-state index < -0.39 is 29.6 Å². The van der Waals surface area contributed by atoms with E-state index in [9.17, 15) is 24.3 Å². The first kappa shape index (κ1) is 42.0. The van der Waals surface area contributed by atoms with Gasteiger partial charge in [0.25, 0.3) is 0 Å². The van der Waals surface area contributed by atoms with Crippen LogP contribution in [0.3, 0.4) is 0 Å². The van der Waals surface area contributed by atoms with Gasteiger partial charge in [0, 0.05) is 5.56 Å². The largest absolute Gasteiger partial charge is 0.506 e. The minimum atomic E-state index is -0.829. The molecule has 0 saturated carbocycles. The Morgan fingerprint density at radius 2 is 0.849 bits per heavy atom. The third kappa shape index (κ3) is 12.9. The summed E-state index contributed by atoms with van der Waals surface area (Å²) in [5.41, 5.74) is 2.67. The lowest BCUT2D eigenvalue weighted by atomic mass is 9.93. The van der Waals surface area contributed by atoms with Crippen molar-refractivity contribution in [1.29, 1.82) is 0 Å². The Morgan fingerprint density at radius 3 is 1.30 bits per heavy atom. The molecule has 0 aliphatic carbocycles. The lowest BCUT2D eigenvalue weighted by Gasteiger charge is -2.16. The normalized spacial score (nSPS) is 10.4. The zero-order valence-corrected chi connectivity index (χ0v) is 31.4. The Labute approximate surface area is 313 Å². The van der Waals surface area contributed by atoms with Gasteiger partial charge in [0.2, 0.25) is 0 Å². The molecule has 4 aromatic carbocycles. The number of carbonyl (C=O) groups is 4. The SMILES string of the molecule is CCCCOC(=O)c1ccc(-c2ccc(C(=O)OCCCC)c(O)c2C(=O)OCCCC)cc1C(=O)OCCCC.c1ccc(-c2ccccc2)cc1. The van der Waals surface area contributed by atoms with Crippen LogP contribution in [0.5, 0.6) is 5.75 Å². The molecule has 9 nitrogen and oxygen atoms in total. The number of carbonyl (C=O) groups excluding carboxylic acids is 4. The van der Waals surface area contributed by atoms with Gasteiger partial charge in [-0.25, -0.2) is 19.2 Å². The zero-order valence-electron chi connectivity index (χ0n) is 31.4. The van der Waals surface area contributed by atoms with Gasteiger partial charge >= 0.3 is 23.9 Å². The lowest BCUT2D eigenvalue weighted by molar-refractivity contribution is 0.0452. The van der Waals surface area contributed by atoms with Gasteiger partial charge in [-0.05, 0) is 60.6 Å². The fraction of sp³-hybridized carbons (Fsp3) is 0.364. The molecule has 0 aliphatic rings. The van der Waals surface area contributed by atoms with Crippen LogP contribution in [0.1, 0.15) is 120 Å². The number of aromatic hydroxyl groups is 1. The Hall–Kier alpha value is -5.44. The number of rotatable bonds is 18. The predicted molar refractivity (Wildman–Crippen MR) is 206 cm³/mol. The highest BCUT2D eigenvalue weighted by Gasteiger charge is 2.27. The van der Waals surface area contributed by atoms with Crippen LogP contribution in [-0.4, -0.2) is 55.4 Å². The summed E-state index contributed by atoms with van der Waals surface area (Å²) < 4.78 is 21.4. The Morgan fingerprint density at radius 1 is 0.453 bits per heavy atom. The second kappa shape index (κ2) is 23.2. The smallest absolute Gasteiger partial charge is 0.342 e.